The fourth-order valence-corrected chi connectivity index (χ4v) is 4.08. The summed E-state index contributed by atoms with van der Waals surface area (Å²) in [6.07, 6.45) is -2.89. The number of aryl methyl sites for hydroxylation is 1. The fourth-order valence-electron chi connectivity index (χ4n) is 4.08. The molecule has 1 aromatic carbocycles. The van der Waals surface area contributed by atoms with E-state index in [9.17, 15) is 18.0 Å². The van der Waals surface area contributed by atoms with Crippen LogP contribution in [-0.4, -0.2) is 58.5 Å². The molecule has 32 heavy (non-hydrogen) atoms. The average molecular weight is 449 g/mol. The SMILES string of the molecule is Cc1nc2c(c(N[C@H](C)c3cccc(C(F)F)c3F)n1)CN(C(=O)CN1CCOCC1)C2. The number of rotatable bonds is 6. The van der Waals surface area contributed by atoms with Crippen molar-refractivity contribution >= 4 is 11.7 Å². The molecule has 3 heterocycles. The van der Waals surface area contributed by atoms with Gasteiger partial charge in [0.2, 0.25) is 5.91 Å². The van der Waals surface area contributed by atoms with Gasteiger partial charge in [0, 0.05) is 24.2 Å². The Kier molecular flexibility index (Phi) is 6.61. The number of alkyl halides is 2. The number of nitrogens with one attached hydrogen (secondary N) is 1. The Morgan fingerprint density at radius 2 is 1.91 bits per heavy atom. The lowest BCUT2D eigenvalue weighted by atomic mass is 10.0. The van der Waals surface area contributed by atoms with Crippen LogP contribution >= 0.6 is 0 Å². The number of aromatic nitrogens is 2. The minimum atomic E-state index is -2.89. The summed E-state index contributed by atoms with van der Waals surface area (Å²) in [7, 11) is 0. The van der Waals surface area contributed by atoms with Crippen molar-refractivity contribution in [2.45, 2.75) is 39.4 Å². The number of fused-ring (bicyclic) bond motifs is 1. The second kappa shape index (κ2) is 9.41. The zero-order valence-electron chi connectivity index (χ0n) is 18.1. The zero-order valence-corrected chi connectivity index (χ0v) is 18.1. The highest BCUT2D eigenvalue weighted by Crippen LogP contribution is 2.32. The van der Waals surface area contributed by atoms with Crippen LogP contribution in [0.15, 0.2) is 18.2 Å². The molecule has 2 aromatic rings. The molecule has 1 fully saturated rings. The van der Waals surface area contributed by atoms with Crippen LogP contribution in [0.4, 0.5) is 19.0 Å². The molecule has 7 nitrogen and oxygen atoms in total. The number of hydrogen-bond acceptors (Lipinski definition) is 6. The van der Waals surface area contributed by atoms with E-state index in [1.807, 2.05) is 0 Å². The van der Waals surface area contributed by atoms with Gasteiger partial charge in [-0.05, 0) is 13.8 Å². The van der Waals surface area contributed by atoms with Gasteiger partial charge in [0.1, 0.15) is 17.5 Å². The molecule has 0 unspecified atom stereocenters. The summed E-state index contributed by atoms with van der Waals surface area (Å²) in [6.45, 7) is 7.14. The topological polar surface area (TPSA) is 70.6 Å². The van der Waals surface area contributed by atoms with Gasteiger partial charge >= 0.3 is 0 Å². The molecule has 10 heteroatoms. The van der Waals surface area contributed by atoms with Crippen molar-refractivity contribution in [3.8, 4) is 0 Å². The molecule has 0 spiro atoms. The van der Waals surface area contributed by atoms with Crippen molar-refractivity contribution in [1.29, 1.82) is 0 Å². The molecule has 2 aliphatic heterocycles. The molecular formula is C22H26F3N5O2. The molecule has 1 aromatic heterocycles. The van der Waals surface area contributed by atoms with Crippen LogP contribution in [0.25, 0.3) is 0 Å². The lowest BCUT2D eigenvalue weighted by Crippen LogP contribution is -2.43. The smallest absolute Gasteiger partial charge is 0.266 e. The maximum absolute atomic E-state index is 14.6. The predicted octanol–water partition coefficient (Wildman–Crippen LogP) is 3.21. The number of hydrogen-bond donors (Lipinski definition) is 1. The van der Waals surface area contributed by atoms with Crippen LogP contribution in [0.1, 0.15) is 47.6 Å². The third-order valence-electron chi connectivity index (χ3n) is 5.82. The van der Waals surface area contributed by atoms with Gasteiger partial charge in [0.05, 0.1) is 50.1 Å². The normalized spacial score (nSPS) is 17.5. The first kappa shape index (κ1) is 22.5. The van der Waals surface area contributed by atoms with E-state index in [4.69, 9.17) is 4.74 Å². The Morgan fingerprint density at radius 1 is 1.19 bits per heavy atom. The molecule has 0 saturated carbocycles. The highest BCUT2D eigenvalue weighted by molar-refractivity contribution is 5.79. The van der Waals surface area contributed by atoms with Gasteiger partial charge in [-0.2, -0.15) is 0 Å². The van der Waals surface area contributed by atoms with E-state index in [1.54, 1.807) is 18.7 Å². The number of anilines is 1. The van der Waals surface area contributed by atoms with Crippen molar-refractivity contribution in [2.75, 3.05) is 38.2 Å². The average Bonchev–Trinajstić information content (AvgIpc) is 3.18. The molecule has 0 aliphatic carbocycles. The molecule has 1 amide bonds. The van der Waals surface area contributed by atoms with Gasteiger partial charge < -0.3 is 15.0 Å². The number of ether oxygens (including phenoxy) is 1. The summed E-state index contributed by atoms with van der Waals surface area (Å²) in [5.41, 5.74) is 1.01. The van der Waals surface area contributed by atoms with Crippen molar-refractivity contribution in [3.05, 3.63) is 52.2 Å². The highest BCUT2D eigenvalue weighted by Gasteiger charge is 2.30. The minimum absolute atomic E-state index is 0.00256. The Labute approximate surface area is 184 Å². The maximum atomic E-state index is 14.6. The maximum Gasteiger partial charge on any atom is 0.266 e. The number of carbonyl (C=O) groups excluding carboxylic acids is 1. The van der Waals surface area contributed by atoms with Gasteiger partial charge in [-0.1, -0.05) is 18.2 Å². The number of halogens is 3. The summed E-state index contributed by atoms with van der Waals surface area (Å²) in [4.78, 5) is 25.5. The first-order valence-electron chi connectivity index (χ1n) is 10.6. The Hall–Kier alpha value is -2.72. The van der Waals surface area contributed by atoms with Crippen LogP contribution < -0.4 is 5.32 Å². The molecule has 0 radical (unpaired) electrons. The number of carbonyl (C=O) groups is 1. The molecular weight excluding hydrogens is 423 g/mol. The van der Waals surface area contributed by atoms with Gasteiger partial charge in [-0.15, -0.1) is 0 Å². The molecule has 1 saturated heterocycles. The first-order valence-corrected chi connectivity index (χ1v) is 10.6. The second-order valence-corrected chi connectivity index (χ2v) is 8.10. The summed E-state index contributed by atoms with van der Waals surface area (Å²) < 4.78 is 46.1. The third-order valence-corrected chi connectivity index (χ3v) is 5.82. The summed E-state index contributed by atoms with van der Waals surface area (Å²) in [5.74, 6) is 0.0794. The summed E-state index contributed by atoms with van der Waals surface area (Å²) in [6, 6.07) is 3.37. The van der Waals surface area contributed by atoms with Crippen molar-refractivity contribution in [3.63, 3.8) is 0 Å². The largest absolute Gasteiger partial charge is 0.379 e. The van der Waals surface area contributed by atoms with E-state index in [2.05, 4.69) is 20.2 Å². The molecule has 1 N–H and O–H groups in total. The van der Waals surface area contributed by atoms with E-state index < -0.39 is 23.8 Å². The summed E-state index contributed by atoms with van der Waals surface area (Å²) in [5, 5.41) is 3.15. The highest BCUT2D eigenvalue weighted by atomic mass is 19.3. The number of benzene rings is 1. The van der Waals surface area contributed by atoms with Crippen LogP contribution in [0.5, 0.6) is 0 Å². The minimum Gasteiger partial charge on any atom is -0.379 e. The summed E-state index contributed by atoms with van der Waals surface area (Å²) >= 11 is 0. The molecule has 2 aliphatic rings. The van der Waals surface area contributed by atoms with Gasteiger partial charge in [0.15, 0.2) is 0 Å². The van der Waals surface area contributed by atoms with Gasteiger partial charge in [0.25, 0.3) is 6.43 Å². The Morgan fingerprint density at radius 3 is 2.62 bits per heavy atom. The molecule has 1 atom stereocenters. The van der Waals surface area contributed by atoms with Crippen LogP contribution in [0.2, 0.25) is 0 Å². The number of nitrogens with zero attached hydrogens (tertiary/aromatic N) is 4. The lowest BCUT2D eigenvalue weighted by molar-refractivity contribution is -0.134. The van der Waals surface area contributed by atoms with Gasteiger partial charge in [-0.25, -0.2) is 23.1 Å². The predicted molar refractivity (Wildman–Crippen MR) is 112 cm³/mol. The van der Waals surface area contributed by atoms with Crippen LogP contribution in [0.3, 0.4) is 0 Å². The van der Waals surface area contributed by atoms with E-state index in [0.717, 1.165) is 30.4 Å². The van der Waals surface area contributed by atoms with E-state index >= 15 is 0 Å². The second-order valence-electron chi connectivity index (χ2n) is 8.10. The standard InChI is InChI=1S/C22H26F3N5O2/c1-13(15-4-3-5-16(20(15)23)21(24)25)26-22-17-10-30(11-18(17)27-14(2)28-22)19(31)12-29-6-8-32-9-7-29/h3-5,13,21H,6-12H2,1-2H3,(H,26,27,28)/t13-/m1/s1. The van der Waals surface area contributed by atoms with Crippen molar-refractivity contribution < 1.29 is 22.7 Å². The quantitative estimate of drug-likeness (QED) is 0.731. The number of amides is 1. The molecule has 4 rings (SSSR count). The van der Waals surface area contributed by atoms with Gasteiger partial charge in [-0.3, -0.25) is 9.69 Å². The number of morpholine rings is 1. The van der Waals surface area contributed by atoms with Crippen molar-refractivity contribution in [2.24, 2.45) is 0 Å². The Balaban J connectivity index is 1.51. The van der Waals surface area contributed by atoms with Crippen LogP contribution in [0, 0.1) is 12.7 Å². The zero-order chi connectivity index (χ0) is 22.8. The lowest BCUT2D eigenvalue weighted by Gasteiger charge is -2.27. The Bertz CT molecular complexity index is 998. The van der Waals surface area contributed by atoms with E-state index in [0.29, 0.717) is 44.5 Å². The van der Waals surface area contributed by atoms with E-state index in [1.165, 1.54) is 12.1 Å². The first-order chi connectivity index (χ1) is 15.3. The fraction of sp³-hybridized carbons (Fsp3) is 0.500. The van der Waals surface area contributed by atoms with E-state index in [-0.39, 0.29) is 11.5 Å². The van der Waals surface area contributed by atoms with Crippen molar-refractivity contribution in [1.82, 2.24) is 19.8 Å². The molecule has 0 bridgehead atoms. The van der Waals surface area contributed by atoms with Crippen LogP contribution in [-0.2, 0) is 22.6 Å². The third kappa shape index (κ3) is 4.71. The monoisotopic (exact) mass is 449 g/mol. The molecule has 172 valence electrons.